The van der Waals surface area contributed by atoms with Crippen LogP contribution in [0, 0.1) is 5.92 Å². The van der Waals surface area contributed by atoms with Crippen LogP contribution in [0.1, 0.15) is 19.8 Å². The van der Waals surface area contributed by atoms with Crippen molar-refractivity contribution in [1.82, 2.24) is 4.90 Å². The largest absolute Gasteiger partial charge is 0.481 e. The molecule has 1 N–H and O–H groups in total. The van der Waals surface area contributed by atoms with Crippen LogP contribution in [-0.4, -0.2) is 49.2 Å². The summed E-state index contributed by atoms with van der Waals surface area (Å²) in [5, 5.41) is 8.63. The van der Waals surface area contributed by atoms with E-state index in [1.807, 2.05) is 7.05 Å². The first-order valence-corrected chi connectivity index (χ1v) is 5.08. The van der Waals surface area contributed by atoms with Crippen molar-refractivity contribution >= 4 is 12.4 Å². The molecule has 1 saturated heterocycles. The highest BCUT2D eigenvalue weighted by atomic mass is 16.5. The monoisotopic (exact) mass is 217 g/mol. The van der Waals surface area contributed by atoms with Crippen LogP contribution in [0.3, 0.4) is 0 Å². The summed E-state index contributed by atoms with van der Waals surface area (Å²) in [5.74, 6) is -0.773. The number of hydrogen-bond donors (Lipinski definition) is 1. The molecular weight excluding hydrogens is 198 g/mol. The Morgan fingerprint density at radius 3 is 2.60 bits per heavy atom. The van der Waals surface area contributed by atoms with E-state index in [1.54, 1.807) is 6.92 Å². The lowest BCUT2D eigenvalue weighted by molar-refractivity contribution is -0.143. The highest BCUT2D eigenvalue weighted by Crippen LogP contribution is 2.14. The van der Waals surface area contributed by atoms with Crippen LogP contribution >= 0.6 is 0 Å². The number of carbonyl (C=O) groups excluding carboxylic acids is 1. The van der Waals surface area contributed by atoms with Crippen molar-refractivity contribution in [2.75, 3.05) is 26.7 Å². The standard InChI is InChI=1S/C7H13NO2.C3H6O2/c1-8-4-2-3-6(5-8)7(9)10;1-2-5-3-4/h6H,2-5H2,1H3,(H,9,10);3H,2H2,1H3. The Labute approximate surface area is 90.0 Å². The fourth-order valence-electron chi connectivity index (χ4n) is 1.44. The molecule has 0 saturated carbocycles. The Bertz CT molecular complexity index is 196. The Morgan fingerprint density at radius 2 is 2.33 bits per heavy atom. The van der Waals surface area contributed by atoms with Gasteiger partial charge in [0.05, 0.1) is 12.5 Å². The molecule has 0 spiro atoms. The molecule has 15 heavy (non-hydrogen) atoms. The van der Waals surface area contributed by atoms with E-state index in [0.717, 1.165) is 25.9 Å². The van der Waals surface area contributed by atoms with Crippen LogP contribution in [0.15, 0.2) is 0 Å². The number of piperidine rings is 1. The van der Waals surface area contributed by atoms with Gasteiger partial charge in [0, 0.05) is 6.54 Å². The first-order valence-electron chi connectivity index (χ1n) is 5.08. The zero-order chi connectivity index (χ0) is 11.7. The van der Waals surface area contributed by atoms with Gasteiger partial charge in [0.15, 0.2) is 0 Å². The number of hydrogen-bond acceptors (Lipinski definition) is 4. The van der Waals surface area contributed by atoms with E-state index in [4.69, 9.17) is 5.11 Å². The third kappa shape index (κ3) is 6.90. The summed E-state index contributed by atoms with van der Waals surface area (Å²) in [4.78, 5) is 21.7. The second-order valence-corrected chi connectivity index (χ2v) is 3.49. The van der Waals surface area contributed by atoms with Gasteiger partial charge in [-0.05, 0) is 33.4 Å². The molecular formula is C10H19NO4. The molecule has 1 heterocycles. The normalized spacial score (nSPS) is 21.1. The molecule has 5 nitrogen and oxygen atoms in total. The van der Waals surface area contributed by atoms with Gasteiger partial charge in [-0.25, -0.2) is 0 Å². The minimum atomic E-state index is -0.647. The van der Waals surface area contributed by atoms with E-state index in [-0.39, 0.29) is 5.92 Å². The fraction of sp³-hybridized carbons (Fsp3) is 0.800. The van der Waals surface area contributed by atoms with Crippen molar-refractivity contribution in [2.24, 2.45) is 5.92 Å². The van der Waals surface area contributed by atoms with Crippen LogP contribution in [0.2, 0.25) is 0 Å². The van der Waals surface area contributed by atoms with Crippen molar-refractivity contribution in [1.29, 1.82) is 0 Å². The lowest BCUT2D eigenvalue weighted by atomic mass is 9.99. The van der Waals surface area contributed by atoms with E-state index in [0.29, 0.717) is 13.1 Å². The number of aliphatic carboxylic acids is 1. The summed E-state index contributed by atoms with van der Waals surface area (Å²) in [6, 6.07) is 0. The summed E-state index contributed by atoms with van der Waals surface area (Å²) in [6.45, 7) is 4.43. The summed E-state index contributed by atoms with van der Waals surface area (Å²) in [5.41, 5.74) is 0. The van der Waals surface area contributed by atoms with Gasteiger partial charge in [0.1, 0.15) is 0 Å². The van der Waals surface area contributed by atoms with Gasteiger partial charge in [-0.3, -0.25) is 9.59 Å². The fourth-order valence-corrected chi connectivity index (χ4v) is 1.44. The average molecular weight is 217 g/mol. The van der Waals surface area contributed by atoms with Crippen molar-refractivity contribution in [2.45, 2.75) is 19.8 Å². The van der Waals surface area contributed by atoms with E-state index in [2.05, 4.69) is 9.64 Å². The number of nitrogens with zero attached hydrogens (tertiary/aromatic N) is 1. The number of carboxylic acid groups (broad SMARTS) is 1. The highest BCUT2D eigenvalue weighted by Gasteiger charge is 2.22. The number of likely N-dealkylation sites (tertiary alicyclic amines) is 1. The topological polar surface area (TPSA) is 66.8 Å². The van der Waals surface area contributed by atoms with Crippen molar-refractivity contribution in [3.8, 4) is 0 Å². The molecule has 0 bridgehead atoms. The lowest BCUT2D eigenvalue weighted by Crippen LogP contribution is -2.35. The smallest absolute Gasteiger partial charge is 0.307 e. The predicted molar refractivity (Wildman–Crippen MR) is 55.5 cm³/mol. The Kier molecular flexibility index (Phi) is 7.62. The molecule has 1 rings (SSSR count). The van der Waals surface area contributed by atoms with Crippen molar-refractivity contribution in [3.05, 3.63) is 0 Å². The molecule has 1 fully saturated rings. The van der Waals surface area contributed by atoms with E-state index in [9.17, 15) is 9.59 Å². The van der Waals surface area contributed by atoms with Gasteiger partial charge in [0.25, 0.3) is 6.47 Å². The quantitative estimate of drug-likeness (QED) is 0.701. The van der Waals surface area contributed by atoms with Gasteiger partial charge in [-0.1, -0.05) is 0 Å². The maximum absolute atomic E-state index is 10.5. The lowest BCUT2D eigenvalue weighted by Gasteiger charge is -2.26. The maximum Gasteiger partial charge on any atom is 0.307 e. The zero-order valence-corrected chi connectivity index (χ0v) is 9.31. The van der Waals surface area contributed by atoms with Crippen molar-refractivity contribution in [3.63, 3.8) is 0 Å². The van der Waals surface area contributed by atoms with Crippen LogP contribution in [0.5, 0.6) is 0 Å². The minimum absolute atomic E-state index is 0.126. The van der Waals surface area contributed by atoms with E-state index in [1.165, 1.54) is 0 Å². The Hall–Kier alpha value is -1.10. The number of rotatable bonds is 3. The summed E-state index contributed by atoms with van der Waals surface area (Å²) in [6.07, 6.45) is 1.87. The molecule has 1 atom stereocenters. The highest BCUT2D eigenvalue weighted by molar-refractivity contribution is 5.70. The third-order valence-electron chi connectivity index (χ3n) is 2.21. The third-order valence-corrected chi connectivity index (χ3v) is 2.21. The van der Waals surface area contributed by atoms with Crippen LogP contribution in [-0.2, 0) is 14.3 Å². The summed E-state index contributed by atoms with van der Waals surface area (Å²) in [7, 11) is 1.97. The van der Waals surface area contributed by atoms with Crippen molar-refractivity contribution < 1.29 is 19.4 Å². The number of carboxylic acids is 1. The molecule has 0 aromatic carbocycles. The first kappa shape index (κ1) is 13.9. The predicted octanol–water partition coefficient (Wildman–Crippen LogP) is 0.592. The van der Waals surface area contributed by atoms with E-state index >= 15 is 0 Å². The number of ether oxygens (including phenoxy) is 1. The average Bonchev–Trinajstić information content (AvgIpc) is 2.20. The maximum atomic E-state index is 10.5. The molecule has 0 aromatic rings. The molecule has 1 aliphatic rings. The van der Waals surface area contributed by atoms with Crippen LogP contribution < -0.4 is 0 Å². The van der Waals surface area contributed by atoms with Crippen LogP contribution in [0.25, 0.3) is 0 Å². The second kappa shape index (κ2) is 8.23. The molecule has 5 heteroatoms. The summed E-state index contributed by atoms with van der Waals surface area (Å²) < 4.78 is 4.15. The van der Waals surface area contributed by atoms with Gasteiger partial charge < -0.3 is 14.7 Å². The van der Waals surface area contributed by atoms with Gasteiger partial charge in [-0.2, -0.15) is 0 Å². The van der Waals surface area contributed by atoms with Gasteiger partial charge in [-0.15, -0.1) is 0 Å². The molecule has 88 valence electrons. The SMILES string of the molecule is CCOC=O.CN1CCCC(C(=O)O)C1. The first-order chi connectivity index (χ1) is 7.11. The van der Waals surface area contributed by atoms with E-state index < -0.39 is 5.97 Å². The van der Waals surface area contributed by atoms with Crippen LogP contribution in [0.4, 0.5) is 0 Å². The second-order valence-electron chi connectivity index (χ2n) is 3.49. The molecule has 1 aliphatic heterocycles. The zero-order valence-electron chi connectivity index (χ0n) is 9.31. The number of carbonyl (C=O) groups is 2. The molecule has 0 amide bonds. The molecule has 1 unspecified atom stereocenters. The van der Waals surface area contributed by atoms with Gasteiger partial charge >= 0.3 is 5.97 Å². The minimum Gasteiger partial charge on any atom is -0.481 e. The van der Waals surface area contributed by atoms with Gasteiger partial charge in [0.2, 0.25) is 0 Å². The molecule has 0 radical (unpaired) electrons. The Balaban J connectivity index is 0.000000336. The molecule has 0 aromatic heterocycles. The Morgan fingerprint density at radius 1 is 1.67 bits per heavy atom. The molecule has 0 aliphatic carbocycles. The summed E-state index contributed by atoms with van der Waals surface area (Å²) >= 11 is 0.